The molecule has 0 aliphatic rings. The van der Waals surface area contributed by atoms with Crippen LogP contribution in [0.15, 0.2) is 150 Å². The van der Waals surface area contributed by atoms with Gasteiger partial charge < -0.3 is 4.42 Å². The molecule has 0 amide bonds. The summed E-state index contributed by atoms with van der Waals surface area (Å²) in [5.41, 5.74) is 16.4. The number of hydrogen-bond donors (Lipinski definition) is 0. The van der Waals surface area contributed by atoms with Crippen LogP contribution in [0.3, 0.4) is 0 Å². The third kappa shape index (κ3) is 5.72. The predicted molar refractivity (Wildman–Crippen MR) is 221 cm³/mol. The number of rotatable bonds is 7. The Labute approximate surface area is 310 Å². The second-order valence-electron chi connectivity index (χ2n) is 14.7. The van der Waals surface area contributed by atoms with E-state index in [2.05, 4.69) is 184 Å². The van der Waals surface area contributed by atoms with Crippen molar-refractivity contribution >= 4 is 33.0 Å². The summed E-state index contributed by atoms with van der Waals surface area (Å²) in [6.07, 6.45) is 1.90. The maximum atomic E-state index is 6.87. The number of aromatic nitrogens is 3. The summed E-state index contributed by atoms with van der Waals surface area (Å²) in [6.45, 7) is 11.2. The van der Waals surface area contributed by atoms with E-state index in [0.717, 1.165) is 61.2 Å². The van der Waals surface area contributed by atoms with Crippen molar-refractivity contribution in [3.63, 3.8) is 0 Å². The molecule has 0 saturated heterocycles. The van der Waals surface area contributed by atoms with Gasteiger partial charge in [0, 0.05) is 16.5 Å². The van der Waals surface area contributed by atoms with E-state index in [1.165, 1.54) is 39.1 Å². The van der Waals surface area contributed by atoms with E-state index in [-0.39, 0.29) is 11.8 Å². The molecule has 0 atom stereocenters. The van der Waals surface area contributed by atoms with Gasteiger partial charge in [0.05, 0.1) is 23.0 Å². The zero-order valence-corrected chi connectivity index (χ0v) is 30.8. The largest absolute Gasteiger partial charge is 0.455 e. The van der Waals surface area contributed by atoms with Crippen molar-refractivity contribution < 1.29 is 4.42 Å². The second kappa shape index (κ2) is 13.1. The average molecular weight is 688 g/mol. The van der Waals surface area contributed by atoms with Gasteiger partial charge >= 0.3 is 0 Å². The van der Waals surface area contributed by atoms with E-state index < -0.39 is 0 Å². The van der Waals surface area contributed by atoms with E-state index in [0.29, 0.717) is 0 Å². The molecule has 53 heavy (non-hydrogen) atoms. The lowest BCUT2D eigenvalue weighted by molar-refractivity contribution is 0.669. The van der Waals surface area contributed by atoms with Crippen LogP contribution in [0.1, 0.15) is 56.4 Å². The molecule has 4 heteroatoms. The van der Waals surface area contributed by atoms with E-state index in [9.17, 15) is 0 Å². The minimum Gasteiger partial charge on any atom is -0.455 e. The Hall–Kier alpha value is -6.26. The van der Waals surface area contributed by atoms with Crippen molar-refractivity contribution in [3.8, 4) is 50.5 Å². The van der Waals surface area contributed by atoms with Crippen molar-refractivity contribution in [2.24, 2.45) is 0 Å². The molecule has 9 rings (SSSR count). The number of para-hydroxylation sites is 1. The Balaban J connectivity index is 1.25. The summed E-state index contributed by atoms with van der Waals surface area (Å²) in [6, 6.07) is 49.9. The molecule has 0 unspecified atom stereocenters. The van der Waals surface area contributed by atoms with Gasteiger partial charge in [0.15, 0.2) is 0 Å². The topological polar surface area (TPSA) is 43.9 Å². The minimum atomic E-state index is 0.265. The van der Waals surface area contributed by atoms with Gasteiger partial charge in [-0.1, -0.05) is 131 Å². The molecule has 0 aliphatic heterocycles. The number of aryl methyl sites for hydroxylation is 1. The van der Waals surface area contributed by atoms with E-state index in [1.807, 2.05) is 6.20 Å². The highest BCUT2D eigenvalue weighted by atomic mass is 16.3. The maximum absolute atomic E-state index is 6.87. The number of pyridine rings is 1. The molecule has 9 aromatic rings. The number of nitrogens with zero attached hydrogens (tertiary/aromatic N) is 3. The molecular formula is C49H41N3O. The van der Waals surface area contributed by atoms with E-state index in [1.54, 1.807) is 0 Å². The van der Waals surface area contributed by atoms with Crippen LogP contribution in [0, 0.1) is 6.92 Å². The van der Waals surface area contributed by atoms with Crippen molar-refractivity contribution in [1.82, 2.24) is 14.5 Å². The minimum absolute atomic E-state index is 0.265. The van der Waals surface area contributed by atoms with E-state index >= 15 is 0 Å². The number of imidazole rings is 1. The first-order valence-corrected chi connectivity index (χ1v) is 18.5. The van der Waals surface area contributed by atoms with Crippen LogP contribution in [0.5, 0.6) is 0 Å². The fraction of sp³-hybridized carbons (Fsp3) is 0.143. The number of furan rings is 1. The molecule has 0 N–H and O–H groups in total. The zero-order chi connectivity index (χ0) is 36.2. The average Bonchev–Trinajstić information content (AvgIpc) is 3.75. The van der Waals surface area contributed by atoms with Crippen molar-refractivity contribution in [1.29, 1.82) is 0 Å². The highest BCUT2D eigenvalue weighted by Gasteiger charge is 2.26. The van der Waals surface area contributed by atoms with E-state index in [4.69, 9.17) is 9.40 Å². The lowest BCUT2D eigenvalue weighted by Crippen LogP contribution is -2.09. The number of fused-ring (bicyclic) bond motifs is 4. The third-order valence-electron chi connectivity index (χ3n) is 10.5. The van der Waals surface area contributed by atoms with Gasteiger partial charge in [-0.15, -0.1) is 0 Å². The van der Waals surface area contributed by atoms with Gasteiger partial charge in [-0.05, 0) is 99.7 Å². The smallest absolute Gasteiger partial charge is 0.149 e. The van der Waals surface area contributed by atoms with Crippen LogP contribution in [0.2, 0.25) is 0 Å². The first-order valence-electron chi connectivity index (χ1n) is 18.5. The summed E-state index contributed by atoms with van der Waals surface area (Å²) < 4.78 is 9.25. The van der Waals surface area contributed by atoms with Crippen LogP contribution in [0.25, 0.3) is 83.4 Å². The Kier molecular flexibility index (Phi) is 8.04. The van der Waals surface area contributed by atoms with Gasteiger partial charge in [0.25, 0.3) is 0 Å². The molecule has 3 aromatic heterocycles. The molecule has 0 saturated carbocycles. The highest BCUT2D eigenvalue weighted by Crippen LogP contribution is 2.43. The quantitative estimate of drug-likeness (QED) is 0.167. The lowest BCUT2D eigenvalue weighted by atomic mass is 9.88. The molecule has 0 fully saturated rings. The summed E-state index contributed by atoms with van der Waals surface area (Å²) in [7, 11) is 0. The third-order valence-corrected chi connectivity index (χ3v) is 10.5. The first kappa shape index (κ1) is 32.6. The Morgan fingerprint density at radius 3 is 1.77 bits per heavy atom. The van der Waals surface area contributed by atoms with Crippen molar-refractivity contribution in [2.45, 2.75) is 46.5 Å². The summed E-state index contributed by atoms with van der Waals surface area (Å²) >= 11 is 0. The molecule has 0 aliphatic carbocycles. The summed E-state index contributed by atoms with van der Waals surface area (Å²) in [5.74, 6) is 1.38. The van der Waals surface area contributed by atoms with Gasteiger partial charge in [0.2, 0.25) is 0 Å². The normalized spacial score (nSPS) is 11.8. The maximum Gasteiger partial charge on any atom is 0.149 e. The van der Waals surface area contributed by atoms with Crippen molar-refractivity contribution in [3.05, 3.63) is 163 Å². The SMILES string of the molecule is Cc1cc2c(cn1)nc(-c1cccc3c1oc1cc(-c4ccc(-c5ccccc5)cc4)ccc13)n2-c1c(C(C)C)cc(-c2ccccc2)cc1C(C)C. The first-order chi connectivity index (χ1) is 25.8. The molecule has 0 bridgehead atoms. The summed E-state index contributed by atoms with van der Waals surface area (Å²) in [5, 5.41) is 2.16. The Morgan fingerprint density at radius 1 is 0.547 bits per heavy atom. The Bertz CT molecular complexity index is 2740. The Morgan fingerprint density at radius 2 is 1.13 bits per heavy atom. The molecule has 4 nitrogen and oxygen atoms in total. The van der Waals surface area contributed by atoms with Gasteiger partial charge in [-0.2, -0.15) is 0 Å². The van der Waals surface area contributed by atoms with Crippen LogP contribution < -0.4 is 0 Å². The summed E-state index contributed by atoms with van der Waals surface area (Å²) in [4.78, 5) is 10.0. The number of benzene rings is 6. The monoisotopic (exact) mass is 687 g/mol. The van der Waals surface area contributed by atoms with Crippen LogP contribution in [-0.2, 0) is 0 Å². The van der Waals surface area contributed by atoms with Crippen LogP contribution in [-0.4, -0.2) is 14.5 Å². The van der Waals surface area contributed by atoms with Crippen LogP contribution >= 0.6 is 0 Å². The molecule has 3 heterocycles. The molecule has 258 valence electrons. The van der Waals surface area contributed by atoms with Crippen molar-refractivity contribution in [2.75, 3.05) is 0 Å². The molecular weight excluding hydrogens is 647 g/mol. The lowest BCUT2D eigenvalue weighted by Gasteiger charge is -2.24. The molecule has 0 spiro atoms. The molecule has 6 aromatic carbocycles. The number of hydrogen-bond acceptors (Lipinski definition) is 3. The predicted octanol–water partition coefficient (Wildman–Crippen LogP) is 13.5. The molecule has 0 radical (unpaired) electrons. The second-order valence-corrected chi connectivity index (χ2v) is 14.7. The highest BCUT2D eigenvalue weighted by molar-refractivity contribution is 6.10. The van der Waals surface area contributed by atoms with Gasteiger partial charge in [-0.25, -0.2) is 4.98 Å². The van der Waals surface area contributed by atoms with Gasteiger partial charge in [-0.3, -0.25) is 9.55 Å². The fourth-order valence-electron chi connectivity index (χ4n) is 7.74. The van der Waals surface area contributed by atoms with Gasteiger partial charge in [0.1, 0.15) is 22.5 Å². The fourth-order valence-corrected chi connectivity index (χ4v) is 7.74. The standard InChI is InChI=1S/C49H41N3O/c1-30(2)42-26-38(34-15-10-7-11-16-34)27-43(31(3)4)47(42)52-45-25-32(5)50-29-44(45)51-49(52)41-18-12-17-40-39-24-23-37(28-46(39)53-48(40)41)36-21-19-35(20-22-36)33-13-8-6-9-14-33/h6-31H,1-5H3. The zero-order valence-electron chi connectivity index (χ0n) is 30.8. The van der Waals surface area contributed by atoms with Crippen LogP contribution in [0.4, 0.5) is 0 Å².